The molecule has 0 saturated heterocycles. The lowest BCUT2D eigenvalue weighted by Crippen LogP contribution is -2.45. The molecule has 0 atom stereocenters. The van der Waals surface area contributed by atoms with Crippen molar-refractivity contribution in [2.45, 2.75) is 37.8 Å². The average molecular weight is 379 g/mol. The van der Waals surface area contributed by atoms with Crippen molar-refractivity contribution in [1.82, 2.24) is 5.32 Å². The fourth-order valence-electron chi connectivity index (χ4n) is 2.45. The van der Waals surface area contributed by atoms with Crippen LogP contribution in [0.4, 0.5) is 0 Å². The van der Waals surface area contributed by atoms with E-state index in [1.807, 2.05) is 12.1 Å². The van der Waals surface area contributed by atoms with Crippen molar-refractivity contribution in [3.05, 3.63) is 26.6 Å². The lowest BCUT2D eigenvalue weighted by atomic mass is 9.98. The van der Waals surface area contributed by atoms with Gasteiger partial charge in [0.15, 0.2) is 0 Å². The average Bonchev–Trinajstić information content (AvgIpc) is 2.83. The van der Waals surface area contributed by atoms with Crippen molar-refractivity contribution < 1.29 is 10.2 Å². The van der Waals surface area contributed by atoms with Crippen LogP contribution in [-0.4, -0.2) is 22.4 Å². The third-order valence-electron chi connectivity index (χ3n) is 3.61. The van der Waals surface area contributed by atoms with Crippen molar-refractivity contribution in [3.8, 4) is 5.75 Å². The van der Waals surface area contributed by atoms with E-state index in [2.05, 4.69) is 37.2 Å². The highest BCUT2D eigenvalue weighted by Crippen LogP contribution is 2.34. The van der Waals surface area contributed by atoms with Gasteiger partial charge in [0.25, 0.3) is 0 Å². The number of halogens is 2. The van der Waals surface area contributed by atoms with Crippen molar-refractivity contribution in [2.75, 3.05) is 6.61 Å². The molecule has 0 aromatic heterocycles. The monoisotopic (exact) mass is 377 g/mol. The number of aromatic hydroxyl groups is 1. The van der Waals surface area contributed by atoms with Crippen molar-refractivity contribution in [3.63, 3.8) is 0 Å². The maximum absolute atomic E-state index is 9.65. The molecular formula is C13H17Br2NO2. The molecule has 0 aliphatic heterocycles. The van der Waals surface area contributed by atoms with Crippen LogP contribution in [0.3, 0.4) is 0 Å². The minimum atomic E-state index is -0.114. The first-order chi connectivity index (χ1) is 8.56. The number of rotatable bonds is 4. The molecular weight excluding hydrogens is 362 g/mol. The molecule has 0 bridgehead atoms. The Labute approximate surface area is 124 Å². The summed E-state index contributed by atoms with van der Waals surface area (Å²) >= 11 is 6.65. The number of phenolic OH excluding ortho intramolecular Hbond substituents is 1. The Morgan fingerprint density at radius 1 is 1.17 bits per heavy atom. The topological polar surface area (TPSA) is 52.5 Å². The summed E-state index contributed by atoms with van der Waals surface area (Å²) in [6, 6.07) is 3.79. The SMILES string of the molecule is OCC1(NCc2cc(Br)c(O)c(Br)c2)CCCC1. The number of benzene rings is 1. The maximum atomic E-state index is 9.65. The van der Waals surface area contributed by atoms with Crippen LogP contribution in [0.5, 0.6) is 5.75 Å². The van der Waals surface area contributed by atoms with E-state index in [-0.39, 0.29) is 17.9 Å². The molecule has 1 aliphatic carbocycles. The molecule has 1 saturated carbocycles. The predicted octanol–water partition coefficient (Wildman–Crippen LogP) is 3.31. The molecule has 1 fully saturated rings. The summed E-state index contributed by atoms with van der Waals surface area (Å²) in [5.74, 6) is 0.219. The Morgan fingerprint density at radius 3 is 2.22 bits per heavy atom. The summed E-state index contributed by atoms with van der Waals surface area (Å²) < 4.78 is 1.36. The minimum absolute atomic E-state index is 0.114. The third kappa shape index (κ3) is 3.07. The molecule has 3 N–H and O–H groups in total. The van der Waals surface area contributed by atoms with Gasteiger partial charge in [0.05, 0.1) is 15.6 Å². The molecule has 100 valence electrons. The first-order valence-corrected chi connectivity index (χ1v) is 7.68. The molecule has 5 heteroatoms. The fourth-order valence-corrected chi connectivity index (χ4v) is 3.73. The third-order valence-corrected chi connectivity index (χ3v) is 4.82. The van der Waals surface area contributed by atoms with Gasteiger partial charge in [0, 0.05) is 12.1 Å². The van der Waals surface area contributed by atoms with Gasteiger partial charge in [-0.25, -0.2) is 0 Å². The molecule has 0 radical (unpaired) electrons. The van der Waals surface area contributed by atoms with E-state index >= 15 is 0 Å². The Kier molecular flexibility index (Phi) is 4.69. The summed E-state index contributed by atoms with van der Waals surface area (Å²) in [5, 5.41) is 22.6. The van der Waals surface area contributed by atoms with Crippen LogP contribution < -0.4 is 5.32 Å². The highest BCUT2D eigenvalue weighted by molar-refractivity contribution is 9.11. The van der Waals surface area contributed by atoms with Gasteiger partial charge in [-0.2, -0.15) is 0 Å². The lowest BCUT2D eigenvalue weighted by molar-refractivity contribution is 0.163. The number of phenols is 1. The van der Waals surface area contributed by atoms with E-state index in [9.17, 15) is 10.2 Å². The van der Waals surface area contributed by atoms with Crippen LogP contribution in [0.2, 0.25) is 0 Å². The van der Waals surface area contributed by atoms with Crippen molar-refractivity contribution in [2.24, 2.45) is 0 Å². The first-order valence-electron chi connectivity index (χ1n) is 6.09. The molecule has 0 unspecified atom stereocenters. The Balaban J connectivity index is 2.06. The second-order valence-corrected chi connectivity index (χ2v) is 6.62. The second-order valence-electron chi connectivity index (χ2n) is 4.91. The quantitative estimate of drug-likeness (QED) is 0.753. The maximum Gasteiger partial charge on any atom is 0.143 e. The summed E-state index contributed by atoms with van der Waals surface area (Å²) in [7, 11) is 0. The minimum Gasteiger partial charge on any atom is -0.506 e. The predicted molar refractivity (Wildman–Crippen MR) is 78.6 cm³/mol. The van der Waals surface area contributed by atoms with E-state index in [1.54, 1.807) is 0 Å². The van der Waals surface area contributed by atoms with Crippen LogP contribution in [0, 0.1) is 0 Å². The van der Waals surface area contributed by atoms with Gasteiger partial charge in [0.1, 0.15) is 5.75 Å². The van der Waals surface area contributed by atoms with E-state index in [0.29, 0.717) is 15.5 Å². The Hall–Kier alpha value is -0.100. The number of hydrogen-bond donors (Lipinski definition) is 3. The van der Waals surface area contributed by atoms with Gasteiger partial charge in [-0.05, 0) is 62.4 Å². The van der Waals surface area contributed by atoms with E-state index in [0.717, 1.165) is 18.4 Å². The molecule has 1 aromatic rings. The van der Waals surface area contributed by atoms with Gasteiger partial charge in [-0.15, -0.1) is 0 Å². The van der Waals surface area contributed by atoms with Crippen molar-refractivity contribution >= 4 is 31.9 Å². The zero-order valence-electron chi connectivity index (χ0n) is 10.0. The molecule has 0 amide bonds. The normalized spacial score (nSPS) is 18.2. The van der Waals surface area contributed by atoms with Gasteiger partial charge in [-0.1, -0.05) is 12.8 Å². The zero-order chi connectivity index (χ0) is 13.2. The summed E-state index contributed by atoms with van der Waals surface area (Å²) in [6.07, 6.45) is 4.42. The summed E-state index contributed by atoms with van der Waals surface area (Å²) in [6.45, 7) is 0.880. The summed E-state index contributed by atoms with van der Waals surface area (Å²) in [4.78, 5) is 0. The summed E-state index contributed by atoms with van der Waals surface area (Å²) in [5.41, 5.74) is 0.961. The van der Waals surface area contributed by atoms with Crippen LogP contribution in [0.15, 0.2) is 21.1 Å². The second kappa shape index (κ2) is 5.90. The van der Waals surface area contributed by atoms with Gasteiger partial charge in [0.2, 0.25) is 0 Å². The zero-order valence-corrected chi connectivity index (χ0v) is 13.2. The molecule has 1 aliphatic rings. The molecule has 2 rings (SSSR count). The number of aliphatic hydroxyl groups excluding tert-OH is 1. The molecule has 18 heavy (non-hydrogen) atoms. The number of nitrogens with one attached hydrogen (secondary N) is 1. The van der Waals surface area contributed by atoms with Gasteiger partial charge >= 0.3 is 0 Å². The van der Waals surface area contributed by atoms with E-state index < -0.39 is 0 Å². The highest BCUT2D eigenvalue weighted by atomic mass is 79.9. The largest absolute Gasteiger partial charge is 0.506 e. The van der Waals surface area contributed by atoms with Crippen molar-refractivity contribution in [1.29, 1.82) is 0 Å². The number of aliphatic hydroxyl groups is 1. The number of hydrogen-bond acceptors (Lipinski definition) is 3. The molecule has 1 aromatic carbocycles. The van der Waals surface area contributed by atoms with Crippen LogP contribution in [0.1, 0.15) is 31.2 Å². The first kappa shape index (κ1) is 14.3. The molecule has 0 heterocycles. The highest BCUT2D eigenvalue weighted by Gasteiger charge is 2.32. The van der Waals surface area contributed by atoms with Crippen LogP contribution >= 0.6 is 31.9 Å². The van der Waals surface area contributed by atoms with E-state index in [4.69, 9.17) is 0 Å². The van der Waals surface area contributed by atoms with Gasteiger partial charge < -0.3 is 15.5 Å². The lowest BCUT2D eigenvalue weighted by Gasteiger charge is -2.28. The van der Waals surface area contributed by atoms with Crippen LogP contribution in [0.25, 0.3) is 0 Å². The fraction of sp³-hybridized carbons (Fsp3) is 0.538. The smallest absolute Gasteiger partial charge is 0.143 e. The standard InChI is InChI=1S/C13H17Br2NO2/c14-10-5-9(6-11(15)12(10)18)7-16-13(8-17)3-1-2-4-13/h5-6,16-18H,1-4,7-8H2. The van der Waals surface area contributed by atoms with Crippen LogP contribution in [-0.2, 0) is 6.54 Å². The Bertz CT molecular complexity index is 408. The molecule has 3 nitrogen and oxygen atoms in total. The van der Waals surface area contributed by atoms with E-state index in [1.165, 1.54) is 12.8 Å². The Morgan fingerprint density at radius 2 is 1.72 bits per heavy atom. The van der Waals surface area contributed by atoms with Gasteiger partial charge in [-0.3, -0.25) is 0 Å². The molecule has 0 spiro atoms.